The first-order chi connectivity index (χ1) is 5.99. The molecule has 0 rings (SSSR count). The van der Waals surface area contributed by atoms with Crippen LogP contribution in [0.4, 0.5) is 8.78 Å². The van der Waals surface area contributed by atoms with Gasteiger partial charge in [0.2, 0.25) is 0 Å². The fourth-order valence-electron chi connectivity index (χ4n) is 0.934. The largest absolute Gasteiger partial charge is 0.468 e. The van der Waals surface area contributed by atoms with Gasteiger partial charge in [0.25, 0.3) is 6.43 Å². The van der Waals surface area contributed by atoms with E-state index in [1.165, 1.54) is 7.11 Å². The van der Waals surface area contributed by atoms with Gasteiger partial charge in [0, 0.05) is 0 Å². The van der Waals surface area contributed by atoms with Crippen molar-refractivity contribution >= 4 is 5.97 Å². The van der Waals surface area contributed by atoms with E-state index in [4.69, 9.17) is 0 Å². The maximum Gasteiger partial charge on any atom is 0.323 e. The first-order valence-electron chi connectivity index (χ1n) is 4.08. The van der Waals surface area contributed by atoms with Crippen LogP contribution in [-0.2, 0) is 9.53 Å². The number of carbonyl (C=O) groups excluding carboxylic acids is 1. The van der Waals surface area contributed by atoms with Crippen molar-refractivity contribution < 1.29 is 18.3 Å². The number of rotatable bonds is 5. The highest BCUT2D eigenvalue weighted by atomic mass is 19.3. The highest BCUT2D eigenvalue weighted by Gasteiger charge is 2.23. The van der Waals surface area contributed by atoms with Gasteiger partial charge in [0.05, 0.1) is 13.7 Å². The third-order valence-electron chi connectivity index (χ3n) is 1.61. The number of carbonyl (C=O) groups is 1. The minimum Gasteiger partial charge on any atom is -0.468 e. The molecular formula is C8H15F2NO2. The molecule has 0 radical (unpaired) electrons. The van der Waals surface area contributed by atoms with E-state index < -0.39 is 25.0 Å². The van der Waals surface area contributed by atoms with E-state index >= 15 is 0 Å². The number of hydrogen-bond acceptors (Lipinski definition) is 3. The second-order valence-electron chi connectivity index (χ2n) is 3.04. The zero-order valence-electron chi connectivity index (χ0n) is 8.01. The molecule has 0 saturated heterocycles. The van der Waals surface area contributed by atoms with Crippen molar-refractivity contribution in [3.63, 3.8) is 0 Å². The summed E-state index contributed by atoms with van der Waals surface area (Å²) < 4.78 is 28.1. The first kappa shape index (κ1) is 12.3. The quantitative estimate of drug-likeness (QED) is 0.666. The number of halogens is 2. The summed E-state index contributed by atoms with van der Waals surface area (Å²) in [5, 5.41) is 2.44. The van der Waals surface area contributed by atoms with E-state index in [-0.39, 0.29) is 5.92 Å². The fraction of sp³-hybridized carbons (Fsp3) is 0.875. The lowest BCUT2D eigenvalue weighted by Gasteiger charge is -2.19. The molecule has 0 aliphatic rings. The highest BCUT2D eigenvalue weighted by Crippen LogP contribution is 2.04. The monoisotopic (exact) mass is 195 g/mol. The third-order valence-corrected chi connectivity index (χ3v) is 1.61. The van der Waals surface area contributed by atoms with E-state index in [0.29, 0.717) is 0 Å². The number of ether oxygens (including phenoxy) is 1. The van der Waals surface area contributed by atoms with Crippen LogP contribution in [0.3, 0.4) is 0 Å². The van der Waals surface area contributed by atoms with Crippen molar-refractivity contribution in [2.24, 2.45) is 5.92 Å². The van der Waals surface area contributed by atoms with Gasteiger partial charge >= 0.3 is 5.97 Å². The molecule has 0 aliphatic heterocycles. The maximum absolute atomic E-state index is 11.8. The summed E-state index contributed by atoms with van der Waals surface area (Å²) in [5.74, 6) is -0.568. The van der Waals surface area contributed by atoms with Crippen molar-refractivity contribution in [2.75, 3.05) is 13.7 Å². The number of nitrogens with one attached hydrogen (secondary N) is 1. The third kappa shape index (κ3) is 4.77. The molecule has 0 aliphatic carbocycles. The number of esters is 1. The number of methoxy groups -OCH3 is 1. The summed E-state index contributed by atoms with van der Waals surface area (Å²) in [4.78, 5) is 11.0. The normalized spacial score (nSPS) is 13.5. The summed E-state index contributed by atoms with van der Waals surface area (Å²) in [6.45, 7) is 3.04. The lowest BCUT2D eigenvalue weighted by Crippen LogP contribution is -2.43. The lowest BCUT2D eigenvalue weighted by atomic mass is 10.1. The molecule has 1 unspecified atom stereocenters. The molecule has 78 valence electrons. The second-order valence-corrected chi connectivity index (χ2v) is 3.04. The molecule has 1 atom stereocenters. The average Bonchev–Trinajstić information content (AvgIpc) is 2.03. The van der Waals surface area contributed by atoms with E-state index in [1.54, 1.807) is 13.8 Å². The molecule has 0 aromatic rings. The van der Waals surface area contributed by atoms with Crippen LogP contribution < -0.4 is 5.32 Å². The van der Waals surface area contributed by atoms with E-state index in [9.17, 15) is 13.6 Å². The summed E-state index contributed by atoms with van der Waals surface area (Å²) in [5.41, 5.74) is 0. The molecule has 3 nitrogen and oxygen atoms in total. The van der Waals surface area contributed by atoms with Crippen molar-refractivity contribution in [1.82, 2.24) is 5.32 Å². The van der Waals surface area contributed by atoms with E-state index in [2.05, 4.69) is 10.1 Å². The Morgan fingerprint density at radius 2 is 2.00 bits per heavy atom. The van der Waals surface area contributed by atoms with Gasteiger partial charge < -0.3 is 4.74 Å². The molecule has 0 spiro atoms. The molecular weight excluding hydrogens is 180 g/mol. The molecule has 0 bridgehead atoms. The Bertz CT molecular complexity index is 162. The first-order valence-corrected chi connectivity index (χ1v) is 4.08. The Labute approximate surface area is 76.4 Å². The summed E-state index contributed by atoms with van der Waals surface area (Å²) >= 11 is 0. The Balaban J connectivity index is 4.03. The zero-order chi connectivity index (χ0) is 10.4. The Morgan fingerprint density at radius 3 is 2.31 bits per heavy atom. The Hall–Kier alpha value is -0.710. The molecule has 13 heavy (non-hydrogen) atoms. The summed E-state index contributed by atoms with van der Waals surface area (Å²) in [6.07, 6.45) is -2.45. The maximum atomic E-state index is 11.8. The average molecular weight is 195 g/mol. The molecule has 0 heterocycles. The topological polar surface area (TPSA) is 38.3 Å². The van der Waals surface area contributed by atoms with Crippen LogP contribution in [-0.4, -0.2) is 32.1 Å². The fourth-order valence-corrected chi connectivity index (χ4v) is 0.934. The van der Waals surface area contributed by atoms with Gasteiger partial charge in [-0.05, 0) is 5.92 Å². The van der Waals surface area contributed by atoms with Crippen LogP contribution in [0.2, 0.25) is 0 Å². The van der Waals surface area contributed by atoms with Crippen LogP contribution in [0, 0.1) is 5.92 Å². The minimum atomic E-state index is -2.45. The molecule has 5 heteroatoms. The van der Waals surface area contributed by atoms with Crippen molar-refractivity contribution in [2.45, 2.75) is 26.3 Å². The van der Waals surface area contributed by atoms with Crippen molar-refractivity contribution in [3.05, 3.63) is 0 Å². The summed E-state index contributed by atoms with van der Waals surface area (Å²) in [7, 11) is 1.24. The minimum absolute atomic E-state index is 0.0637. The van der Waals surface area contributed by atoms with Gasteiger partial charge in [0.1, 0.15) is 6.04 Å². The van der Waals surface area contributed by atoms with Crippen LogP contribution in [0.1, 0.15) is 13.8 Å². The standard InChI is InChI=1S/C8H15F2NO2/c1-5(2)7(8(12)13-3)11-4-6(9)10/h5-7,11H,4H2,1-3H3. The zero-order valence-corrected chi connectivity index (χ0v) is 8.01. The van der Waals surface area contributed by atoms with Crippen LogP contribution in [0.15, 0.2) is 0 Å². The molecule has 0 amide bonds. The predicted molar refractivity (Wildman–Crippen MR) is 44.6 cm³/mol. The molecule has 0 saturated carbocycles. The number of hydrogen-bond donors (Lipinski definition) is 1. The molecule has 0 fully saturated rings. The van der Waals surface area contributed by atoms with Crippen LogP contribution in [0.25, 0.3) is 0 Å². The number of alkyl halides is 2. The van der Waals surface area contributed by atoms with Crippen LogP contribution >= 0.6 is 0 Å². The van der Waals surface area contributed by atoms with Gasteiger partial charge in [-0.25, -0.2) is 8.78 Å². The molecule has 0 aromatic carbocycles. The van der Waals surface area contributed by atoms with Gasteiger partial charge in [-0.15, -0.1) is 0 Å². The van der Waals surface area contributed by atoms with Crippen molar-refractivity contribution in [1.29, 1.82) is 0 Å². The Morgan fingerprint density at radius 1 is 1.46 bits per heavy atom. The predicted octanol–water partition coefficient (Wildman–Crippen LogP) is 1.04. The van der Waals surface area contributed by atoms with E-state index in [0.717, 1.165) is 0 Å². The molecule has 0 aromatic heterocycles. The van der Waals surface area contributed by atoms with E-state index in [1.807, 2.05) is 0 Å². The second kappa shape index (κ2) is 5.85. The Kier molecular flexibility index (Phi) is 5.53. The SMILES string of the molecule is COC(=O)C(NCC(F)F)C(C)C. The lowest BCUT2D eigenvalue weighted by molar-refractivity contribution is -0.144. The van der Waals surface area contributed by atoms with Gasteiger partial charge in [-0.2, -0.15) is 0 Å². The highest BCUT2D eigenvalue weighted by molar-refractivity contribution is 5.75. The van der Waals surface area contributed by atoms with Gasteiger partial charge in [-0.3, -0.25) is 10.1 Å². The van der Waals surface area contributed by atoms with Crippen LogP contribution in [0.5, 0.6) is 0 Å². The smallest absolute Gasteiger partial charge is 0.323 e. The molecule has 1 N–H and O–H groups in total. The van der Waals surface area contributed by atoms with Crippen molar-refractivity contribution in [3.8, 4) is 0 Å². The van der Waals surface area contributed by atoms with Gasteiger partial charge in [-0.1, -0.05) is 13.8 Å². The van der Waals surface area contributed by atoms with Gasteiger partial charge in [0.15, 0.2) is 0 Å². The summed E-state index contributed by atoms with van der Waals surface area (Å²) in [6, 6.07) is -0.654.